The third-order valence-corrected chi connectivity index (χ3v) is 2.33. The smallest absolute Gasteiger partial charge is 0.191 e. The highest BCUT2D eigenvalue weighted by Crippen LogP contribution is 2.19. The molecule has 6 heteroatoms. The summed E-state index contributed by atoms with van der Waals surface area (Å²) in [5, 5.41) is 8.78. The second-order valence-corrected chi connectivity index (χ2v) is 3.23. The first-order chi connectivity index (χ1) is 5.90. The van der Waals surface area contributed by atoms with Gasteiger partial charge < -0.3 is 5.73 Å². The molecule has 0 spiro atoms. The van der Waals surface area contributed by atoms with E-state index < -0.39 is 0 Å². The molecule has 0 amide bonds. The van der Waals surface area contributed by atoms with Crippen LogP contribution >= 0.6 is 23.7 Å². The fourth-order valence-corrected chi connectivity index (χ4v) is 1.56. The molecule has 4 nitrogen and oxygen atoms in total. The Morgan fingerprint density at radius 3 is 2.92 bits per heavy atom. The summed E-state index contributed by atoms with van der Waals surface area (Å²) in [6.07, 6.45) is 0. The molecule has 2 heterocycles. The van der Waals surface area contributed by atoms with Crippen molar-refractivity contribution in [3.63, 3.8) is 0 Å². The van der Waals surface area contributed by atoms with Crippen LogP contribution in [0.1, 0.15) is 5.82 Å². The lowest BCUT2D eigenvalue weighted by atomic mass is 10.4. The predicted octanol–water partition coefficient (Wildman–Crippen LogP) is 1.41. The van der Waals surface area contributed by atoms with Crippen LogP contribution in [0.4, 0.5) is 0 Å². The summed E-state index contributed by atoms with van der Waals surface area (Å²) in [6, 6.07) is 3.95. The topological polar surface area (TPSA) is 67.6 Å². The van der Waals surface area contributed by atoms with Crippen molar-refractivity contribution in [3.05, 3.63) is 23.3 Å². The zero-order chi connectivity index (χ0) is 8.39. The van der Waals surface area contributed by atoms with Gasteiger partial charge in [0.1, 0.15) is 5.82 Å². The molecule has 70 valence electrons. The molecule has 3 N–H and O–H groups in total. The van der Waals surface area contributed by atoms with Crippen molar-refractivity contribution in [1.29, 1.82) is 0 Å². The lowest BCUT2D eigenvalue weighted by Crippen LogP contribution is -1.97. The number of nitrogens with zero attached hydrogens (tertiary/aromatic N) is 2. The minimum atomic E-state index is 0. The Morgan fingerprint density at radius 2 is 2.38 bits per heavy atom. The lowest BCUT2D eigenvalue weighted by Gasteiger charge is -1.83. The molecule has 0 unspecified atom stereocenters. The van der Waals surface area contributed by atoms with Gasteiger partial charge >= 0.3 is 0 Å². The highest BCUT2D eigenvalue weighted by Gasteiger charge is 2.04. The predicted molar refractivity (Wildman–Crippen MR) is 54.8 cm³/mol. The van der Waals surface area contributed by atoms with Crippen molar-refractivity contribution in [2.24, 2.45) is 5.73 Å². The molecule has 2 aromatic heterocycles. The first kappa shape index (κ1) is 10.2. The number of hydrogen-bond acceptors (Lipinski definition) is 4. The molecule has 0 radical (unpaired) electrons. The van der Waals surface area contributed by atoms with Gasteiger partial charge in [0.05, 0.1) is 11.4 Å². The van der Waals surface area contributed by atoms with Gasteiger partial charge in [0.25, 0.3) is 0 Å². The minimum Gasteiger partial charge on any atom is -0.324 e. The minimum absolute atomic E-state index is 0. The molecule has 0 saturated heterocycles. The molecular weight excluding hydrogens is 208 g/mol. The van der Waals surface area contributed by atoms with Gasteiger partial charge in [-0.3, -0.25) is 5.10 Å². The van der Waals surface area contributed by atoms with Crippen LogP contribution in [-0.2, 0) is 6.54 Å². The van der Waals surface area contributed by atoms with Crippen LogP contribution in [0.5, 0.6) is 0 Å². The van der Waals surface area contributed by atoms with Crippen molar-refractivity contribution in [2.75, 3.05) is 0 Å². The van der Waals surface area contributed by atoms with Crippen molar-refractivity contribution < 1.29 is 0 Å². The van der Waals surface area contributed by atoms with Crippen molar-refractivity contribution in [1.82, 2.24) is 15.2 Å². The van der Waals surface area contributed by atoms with Crippen LogP contribution in [0.15, 0.2) is 17.5 Å². The number of thiophene rings is 1. The molecule has 2 aromatic rings. The van der Waals surface area contributed by atoms with E-state index in [1.165, 1.54) is 0 Å². The van der Waals surface area contributed by atoms with E-state index in [0.29, 0.717) is 6.54 Å². The Kier molecular flexibility index (Phi) is 3.41. The monoisotopic (exact) mass is 216 g/mol. The zero-order valence-electron chi connectivity index (χ0n) is 6.73. The molecule has 0 bridgehead atoms. The van der Waals surface area contributed by atoms with E-state index in [0.717, 1.165) is 16.5 Å². The van der Waals surface area contributed by atoms with Crippen LogP contribution in [0.3, 0.4) is 0 Å². The second-order valence-electron chi connectivity index (χ2n) is 2.29. The van der Waals surface area contributed by atoms with Gasteiger partial charge in [0.2, 0.25) is 0 Å². The maximum atomic E-state index is 5.39. The Morgan fingerprint density at radius 1 is 1.54 bits per heavy atom. The fraction of sp³-hybridized carbons (Fsp3) is 0.143. The van der Waals surface area contributed by atoms with E-state index in [1.807, 2.05) is 17.5 Å². The second kappa shape index (κ2) is 4.36. The Hall–Kier alpha value is -0.910. The average molecular weight is 217 g/mol. The molecule has 0 aliphatic heterocycles. The molecule has 0 fully saturated rings. The summed E-state index contributed by atoms with van der Waals surface area (Å²) >= 11 is 1.61. The average Bonchev–Trinajstić information content (AvgIpc) is 2.75. The normalized spacial score (nSPS) is 9.62. The van der Waals surface area contributed by atoms with Crippen LogP contribution in [-0.4, -0.2) is 15.2 Å². The highest BCUT2D eigenvalue weighted by molar-refractivity contribution is 7.13. The number of aromatic nitrogens is 3. The van der Waals surface area contributed by atoms with Gasteiger partial charge in [-0.25, -0.2) is 4.98 Å². The van der Waals surface area contributed by atoms with Crippen molar-refractivity contribution in [3.8, 4) is 10.7 Å². The number of H-pyrrole nitrogens is 1. The number of aromatic amines is 1. The fourth-order valence-electron chi connectivity index (χ4n) is 0.903. The zero-order valence-corrected chi connectivity index (χ0v) is 8.36. The standard InChI is InChI=1S/C7H8N4S.ClH/c8-4-6-9-7(11-10-6)5-2-1-3-12-5;/h1-3H,4,8H2,(H,9,10,11);1H. The first-order valence-corrected chi connectivity index (χ1v) is 4.43. The summed E-state index contributed by atoms with van der Waals surface area (Å²) in [6.45, 7) is 0.401. The van der Waals surface area contributed by atoms with Crippen molar-refractivity contribution >= 4 is 23.7 Å². The van der Waals surface area contributed by atoms with E-state index in [4.69, 9.17) is 5.73 Å². The summed E-state index contributed by atoms with van der Waals surface area (Å²) < 4.78 is 0. The number of rotatable bonds is 2. The van der Waals surface area contributed by atoms with Gasteiger partial charge in [-0.05, 0) is 11.4 Å². The third kappa shape index (κ3) is 2.06. The molecule has 13 heavy (non-hydrogen) atoms. The molecule has 2 rings (SSSR count). The van der Waals surface area contributed by atoms with Crippen molar-refractivity contribution in [2.45, 2.75) is 6.54 Å². The van der Waals surface area contributed by atoms with Gasteiger partial charge in [-0.2, -0.15) is 5.10 Å². The third-order valence-electron chi connectivity index (χ3n) is 1.47. The number of nitrogens with two attached hydrogens (primary N) is 1. The lowest BCUT2D eigenvalue weighted by molar-refractivity contribution is 0.917. The van der Waals surface area contributed by atoms with Gasteiger partial charge in [-0.15, -0.1) is 23.7 Å². The van der Waals surface area contributed by atoms with Crippen LogP contribution in [0.25, 0.3) is 10.7 Å². The quantitative estimate of drug-likeness (QED) is 0.798. The van der Waals surface area contributed by atoms with E-state index in [1.54, 1.807) is 11.3 Å². The van der Waals surface area contributed by atoms with Crippen LogP contribution in [0, 0.1) is 0 Å². The summed E-state index contributed by atoms with van der Waals surface area (Å²) in [5.74, 6) is 1.45. The van der Waals surface area contributed by atoms with Gasteiger partial charge in [0.15, 0.2) is 5.82 Å². The number of halogens is 1. The summed E-state index contributed by atoms with van der Waals surface area (Å²) in [5.41, 5.74) is 5.39. The molecule has 0 aliphatic rings. The number of nitrogens with one attached hydrogen (secondary N) is 1. The van der Waals surface area contributed by atoms with E-state index in [9.17, 15) is 0 Å². The van der Waals surface area contributed by atoms with Crippen LogP contribution in [0.2, 0.25) is 0 Å². The maximum Gasteiger partial charge on any atom is 0.191 e. The molecular formula is C7H9ClN4S. The Labute approximate surface area is 85.6 Å². The molecule has 0 saturated carbocycles. The highest BCUT2D eigenvalue weighted by atomic mass is 35.5. The van der Waals surface area contributed by atoms with E-state index >= 15 is 0 Å². The number of hydrogen-bond donors (Lipinski definition) is 2. The van der Waals surface area contributed by atoms with Gasteiger partial charge in [-0.1, -0.05) is 6.07 Å². The Balaban J connectivity index is 0.000000845. The van der Waals surface area contributed by atoms with Crippen LogP contribution < -0.4 is 5.73 Å². The summed E-state index contributed by atoms with van der Waals surface area (Å²) in [7, 11) is 0. The van der Waals surface area contributed by atoms with E-state index in [-0.39, 0.29) is 12.4 Å². The van der Waals surface area contributed by atoms with Gasteiger partial charge in [0, 0.05) is 0 Å². The van der Waals surface area contributed by atoms with E-state index in [2.05, 4.69) is 15.2 Å². The maximum absolute atomic E-state index is 5.39. The SMILES string of the molecule is Cl.NCc1nc(-c2cccs2)n[nH]1. The Bertz CT molecular complexity index is 356. The molecule has 0 atom stereocenters. The largest absolute Gasteiger partial charge is 0.324 e. The molecule has 0 aromatic carbocycles. The first-order valence-electron chi connectivity index (χ1n) is 3.55. The summed E-state index contributed by atoms with van der Waals surface area (Å²) in [4.78, 5) is 5.25. The molecule has 0 aliphatic carbocycles.